The summed E-state index contributed by atoms with van der Waals surface area (Å²) in [6, 6.07) is 3.52. The lowest BCUT2D eigenvalue weighted by Gasteiger charge is -2.39. The standard InChI is InChI=1S/C15H22N4O/c16-14(20)13-5-2-6-17-15(13)19-9-7-18(8-10-19)11-12-3-1-4-12/h2,5-6,12H,1,3-4,7-11H2,(H2,16,20). The number of carbonyl (C=O) groups is 1. The van der Waals surface area contributed by atoms with Crippen LogP contribution in [-0.4, -0.2) is 48.5 Å². The first-order valence-electron chi connectivity index (χ1n) is 7.46. The smallest absolute Gasteiger partial charge is 0.252 e. The van der Waals surface area contributed by atoms with Gasteiger partial charge in [0.15, 0.2) is 0 Å². The number of carbonyl (C=O) groups excluding carboxylic acids is 1. The number of amides is 1. The van der Waals surface area contributed by atoms with E-state index in [9.17, 15) is 4.79 Å². The summed E-state index contributed by atoms with van der Waals surface area (Å²) in [6.45, 7) is 5.17. The van der Waals surface area contributed by atoms with Crippen LogP contribution in [0.3, 0.4) is 0 Å². The molecule has 20 heavy (non-hydrogen) atoms. The summed E-state index contributed by atoms with van der Waals surface area (Å²) >= 11 is 0. The van der Waals surface area contributed by atoms with Gasteiger partial charge in [0.2, 0.25) is 0 Å². The van der Waals surface area contributed by atoms with Gasteiger partial charge in [0, 0.05) is 38.9 Å². The highest BCUT2D eigenvalue weighted by molar-refractivity contribution is 5.97. The quantitative estimate of drug-likeness (QED) is 0.893. The Morgan fingerprint density at radius 1 is 1.30 bits per heavy atom. The topological polar surface area (TPSA) is 62.5 Å². The molecule has 5 heteroatoms. The lowest BCUT2D eigenvalue weighted by Crippen LogP contribution is -2.49. The van der Waals surface area contributed by atoms with Gasteiger partial charge < -0.3 is 10.6 Å². The van der Waals surface area contributed by atoms with E-state index in [2.05, 4.69) is 14.8 Å². The van der Waals surface area contributed by atoms with Crippen LogP contribution >= 0.6 is 0 Å². The van der Waals surface area contributed by atoms with Gasteiger partial charge in [-0.15, -0.1) is 0 Å². The van der Waals surface area contributed by atoms with Crippen molar-refractivity contribution in [2.24, 2.45) is 11.7 Å². The van der Waals surface area contributed by atoms with Gasteiger partial charge >= 0.3 is 0 Å². The van der Waals surface area contributed by atoms with Crippen LogP contribution in [0.5, 0.6) is 0 Å². The van der Waals surface area contributed by atoms with Gasteiger partial charge in [-0.05, 0) is 30.9 Å². The van der Waals surface area contributed by atoms with Crippen LogP contribution in [0.2, 0.25) is 0 Å². The van der Waals surface area contributed by atoms with Crippen molar-refractivity contribution in [3.8, 4) is 0 Å². The molecule has 1 amide bonds. The van der Waals surface area contributed by atoms with Crippen LogP contribution < -0.4 is 10.6 Å². The van der Waals surface area contributed by atoms with E-state index in [4.69, 9.17) is 5.73 Å². The number of nitrogens with zero attached hydrogens (tertiary/aromatic N) is 3. The van der Waals surface area contributed by atoms with Crippen LogP contribution in [0.15, 0.2) is 18.3 Å². The summed E-state index contributed by atoms with van der Waals surface area (Å²) in [4.78, 5) is 20.5. The average Bonchev–Trinajstić information content (AvgIpc) is 2.43. The van der Waals surface area contributed by atoms with Crippen molar-refractivity contribution in [3.05, 3.63) is 23.9 Å². The van der Waals surface area contributed by atoms with Gasteiger partial charge in [-0.3, -0.25) is 9.69 Å². The second-order valence-electron chi connectivity index (χ2n) is 5.82. The highest BCUT2D eigenvalue weighted by Crippen LogP contribution is 2.27. The Morgan fingerprint density at radius 3 is 2.65 bits per heavy atom. The SMILES string of the molecule is NC(=O)c1cccnc1N1CCN(CC2CCC2)CC1. The molecule has 1 aromatic rings. The Labute approximate surface area is 119 Å². The number of hydrogen-bond donors (Lipinski definition) is 1. The molecule has 0 unspecified atom stereocenters. The van der Waals surface area contributed by atoms with E-state index in [0.29, 0.717) is 5.56 Å². The molecule has 1 aromatic heterocycles. The highest BCUT2D eigenvalue weighted by Gasteiger charge is 2.25. The fourth-order valence-electron chi connectivity index (χ4n) is 3.02. The molecule has 0 spiro atoms. The molecule has 0 radical (unpaired) electrons. The summed E-state index contributed by atoms with van der Waals surface area (Å²) in [5, 5.41) is 0. The number of primary amides is 1. The van der Waals surface area contributed by atoms with Crippen molar-refractivity contribution in [1.82, 2.24) is 9.88 Å². The minimum Gasteiger partial charge on any atom is -0.365 e. The van der Waals surface area contributed by atoms with Gasteiger partial charge in [-0.1, -0.05) is 6.42 Å². The van der Waals surface area contributed by atoms with Crippen molar-refractivity contribution < 1.29 is 4.79 Å². The molecule has 3 rings (SSSR count). The lowest BCUT2D eigenvalue weighted by atomic mass is 9.85. The number of anilines is 1. The van der Waals surface area contributed by atoms with Gasteiger partial charge in [-0.25, -0.2) is 4.98 Å². The largest absolute Gasteiger partial charge is 0.365 e. The Kier molecular flexibility index (Phi) is 3.87. The second kappa shape index (κ2) is 5.79. The highest BCUT2D eigenvalue weighted by atomic mass is 16.1. The molecule has 0 bridgehead atoms. The zero-order chi connectivity index (χ0) is 13.9. The first kappa shape index (κ1) is 13.4. The molecule has 5 nitrogen and oxygen atoms in total. The van der Waals surface area contributed by atoms with E-state index in [1.165, 1.54) is 25.8 Å². The van der Waals surface area contributed by atoms with E-state index in [-0.39, 0.29) is 0 Å². The molecule has 2 N–H and O–H groups in total. The number of pyridine rings is 1. The zero-order valence-corrected chi connectivity index (χ0v) is 11.8. The summed E-state index contributed by atoms with van der Waals surface area (Å²) in [5.74, 6) is 1.26. The summed E-state index contributed by atoms with van der Waals surface area (Å²) in [5.41, 5.74) is 5.95. The molecule has 2 heterocycles. The van der Waals surface area contributed by atoms with Crippen LogP contribution in [0.25, 0.3) is 0 Å². The Morgan fingerprint density at radius 2 is 2.05 bits per heavy atom. The first-order chi connectivity index (χ1) is 9.74. The first-order valence-corrected chi connectivity index (χ1v) is 7.46. The molecule has 2 fully saturated rings. The van der Waals surface area contributed by atoms with Crippen LogP contribution in [-0.2, 0) is 0 Å². The molecule has 0 aromatic carbocycles. The minimum atomic E-state index is -0.398. The van der Waals surface area contributed by atoms with Crippen LogP contribution in [0, 0.1) is 5.92 Å². The lowest BCUT2D eigenvalue weighted by molar-refractivity contribution is 0.1000. The maximum absolute atomic E-state index is 11.5. The molecule has 108 valence electrons. The molecule has 1 aliphatic carbocycles. The van der Waals surface area contributed by atoms with Crippen LogP contribution in [0.4, 0.5) is 5.82 Å². The predicted octanol–water partition coefficient (Wildman–Crippen LogP) is 1.10. The number of hydrogen-bond acceptors (Lipinski definition) is 4. The molecular formula is C15H22N4O. The zero-order valence-electron chi connectivity index (χ0n) is 11.8. The van der Waals surface area contributed by atoms with E-state index < -0.39 is 5.91 Å². The third-order valence-corrected chi connectivity index (χ3v) is 4.47. The normalized spacial score (nSPS) is 20.7. The number of rotatable bonds is 4. The van der Waals surface area contributed by atoms with Crippen molar-refractivity contribution in [2.45, 2.75) is 19.3 Å². The average molecular weight is 274 g/mol. The van der Waals surface area contributed by atoms with Crippen LogP contribution in [0.1, 0.15) is 29.6 Å². The monoisotopic (exact) mass is 274 g/mol. The Bertz CT molecular complexity index is 479. The van der Waals surface area contributed by atoms with E-state index in [1.807, 2.05) is 0 Å². The fourth-order valence-corrected chi connectivity index (χ4v) is 3.02. The van der Waals surface area contributed by atoms with Gasteiger partial charge in [0.1, 0.15) is 5.82 Å². The number of nitrogens with two attached hydrogens (primary N) is 1. The molecule has 1 saturated heterocycles. The van der Waals surface area contributed by atoms with Crippen molar-refractivity contribution in [3.63, 3.8) is 0 Å². The van der Waals surface area contributed by atoms with E-state index in [0.717, 1.165) is 37.9 Å². The molecule has 0 atom stereocenters. The van der Waals surface area contributed by atoms with Gasteiger partial charge in [0.05, 0.1) is 5.56 Å². The second-order valence-corrected chi connectivity index (χ2v) is 5.82. The Balaban J connectivity index is 1.61. The summed E-state index contributed by atoms with van der Waals surface area (Å²) in [7, 11) is 0. The third kappa shape index (κ3) is 2.77. The number of piperazine rings is 1. The molecule has 1 aliphatic heterocycles. The Hall–Kier alpha value is -1.62. The van der Waals surface area contributed by atoms with E-state index in [1.54, 1.807) is 18.3 Å². The third-order valence-electron chi connectivity index (χ3n) is 4.47. The van der Waals surface area contributed by atoms with Gasteiger partial charge in [-0.2, -0.15) is 0 Å². The molecular weight excluding hydrogens is 252 g/mol. The number of aromatic nitrogens is 1. The van der Waals surface area contributed by atoms with E-state index >= 15 is 0 Å². The van der Waals surface area contributed by atoms with Gasteiger partial charge in [0.25, 0.3) is 5.91 Å². The molecule has 2 aliphatic rings. The maximum Gasteiger partial charge on any atom is 0.252 e. The molecule has 1 saturated carbocycles. The van der Waals surface area contributed by atoms with Crippen molar-refractivity contribution in [2.75, 3.05) is 37.6 Å². The maximum atomic E-state index is 11.5. The minimum absolute atomic E-state index is 0.398. The summed E-state index contributed by atoms with van der Waals surface area (Å²) in [6.07, 6.45) is 5.92. The fraction of sp³-hybridized carbons (Fsp3) is 0.600. The predicted molar refractivity (Wildman–Crippen MR) is 78.7 cm³/mol. The van der Waals surface area contributed by atoms with Crippen molar-refractivity contribution >= 4 is 11.7 Å². The summed E-state index contributed by atoms with van der Waals surface area (Å²) < 4.78 is 0. The van der Waals surface area contributed by atoms with Crippen molar-refractivity contribution in [1.29, 1.82) is 0 Å².